The Balaban J connectivity index is 1.65. The maximum absolute atomic E-state index is 13.2. The van der Waals surface area contributed by atoms with Gasteiger partial charge in [0.05, 0.1) is 18.4 Å². The minimum absolute atomic E-state index is 0.114. The molecule has 0 N–H and O–H groups in total. The Morgan fingerprint density at radius 2 is 1.90 bits per heavy atom. The van der Waals surface area contributed by atoms with E-state index in [1.807, 2.05) is 0 Å². The predicted molar refractivity (Wildman–Crippen MR) is 70.6 cm³/mol. The highest BCUT2D eigenvalue weighted by Gasteiger charge is 2.25. The van der Waals surface area contributed by atoms with E-state index in [1.165, 1.54) is 12.1 Å². The molecule has 0 spiro atoms. The van der Waals surface area contributed by atoms with Crippen LogP contribution in [0.5, 0.6) is 0 Å². The summed E-state index contributed by atoms with van der Waals surface area (Å²) >= 11 is 0. The molecule has 0 unspecified atom stereocenters. The molecule has 1 aliphatic rings. The van der Waals surface area contributed by atoms with Gasteiger partial charge in [0, 0.05) is 18.7 Å². The van der Waals surface area contributed by atoms with Crippen molar-refractivity contribution in [1.29, 1.82) is 0 Å². The number of carbonyl (C=O) groups is 1. The third-order valence-electron chi connectivity index (χ3n) is 3.59. The second kappa shape index (κ2) is 5.40. The van der Waals surface area contributed by atoms with Crippen molar-refractivity contribution in [2.24, 2.45) is 0 Å². The molecule has 1 amide bonds. The van der Waals surface area contributed by atoms with Crippen molar-refractivity contribution in [1.82, 2.24) is 19.9 Å². The molecule has 5 nitrogen and oxygen atoms in total. The molecule has 0 atom stereocenters. The maximum atomic E-state index is 13.2. The average molecular weight is 274 g/mol. The van der Waals surface area contributed by atoms with Gasteiger partial charge in [0.25, 0.3) is 5.91 Å². The van der Waals surface area contributed by atoms with Gasteiger partial charge in [0.15, 0.2) is 0 Å². The standard InChI is InChI=1S/C14H15FN4O/c15-12-3-1-2-11(10-12)14(20)18-8-4-13(5-9-18)19-16-6-7-17-19/h1-3,6-7,10,13H,4-5,8-9H2. The molecule has 1 aliphatic heterocycles. The Hall–Kier alpha value is -2.24. The Bertz CT molecular complexity index is 591. The van der Waals surface area contributed by atoms with Crippen molar-refractivity contribution < 1.29 is 9.18 Å². The summed E-state index contributed by atoms with van der Waals surface area (Å²) in [5.74, 6) is -0.497. The predicted octanol–water partition coefficient (Wildman–Crippen LogP) is 1.89. The molecule has 0 radical (unpaired) electrons. The van der Waals surface area contributed by atoms with Crippen molar-refractivity contribution in [3.05, 3.63) is 48.0 Å². The second-order valence-electron chi connectivity index (χ2n) is 4.88. The molecular weight excluding hydrogens is 259 g/mol. The van der Waals surface area contributed by atoms with Crippen LogP contribution in [-0.2, 0) is 0 Å². The van der Waals surface area contributed by atoms with Crippen molar-refractivity contribution in [2.45, 2.75) is 18.9 Å². The Labute approximate surface area is 116 Å². The third kappa shape index (κ3) is 2.54. The molecule has 0 bridgehead atoms. The summed E-state index contributed by atoms with van der Waals surface area (Å²) in [5.41, 5.74) is 0.403. The molecule has 0 saturated carbocycles. The van der Waals surface area contributed by atoms with Crippen molar-refractivity contribution in [3.63, 3.8) is 0 Å². The number of nitrogens with zero attached hydrogens (tertiary/aromatic N) is 4. The van der Waals surface area contributed by atoms with Crippen LogP contribution in [0.2, 0.25) is 0 Å². The normalized spacial score (nSPS) is 16.4. The van der Waals surface area contributed by atoms with Crippen molar-refractivity contribution in [3.8, 4) is 0 Å². The maximum Gasteiger partial charge on any atom is 0.253 e. The first-order valence-corrected chi connectivity index (χ1v) is 6.64. The van der Waals surface area contributed by atoms with Crippen LogP contribution in [-0.4, -0.2) is 38.9 Å². The SMILES string of the molecule is O=C(c1cccc(F)c1)N1CCC(n2nccn2)CC1. The fourth-order valence-corrected chi connectivity index (χ4v) is 2.52. The van der Waals surface area contributed by atoms with E-state index in [2.05, 4.69) is 10.2 Å². The molecule has 104 valence electrons. The summed E-state index contributed by atoms with van der Waals surface area (Å²) in [5, 5.41) is 8.26. The third-order valence-corrected chi connectivity index (χ3v) is 3.59. The largest absolute Gasteiger partial charge is 0.338 e. The number of hydrogen-bond acceptors (Lipinski definition) is 3. The zero-order chi connectivity index (χ0) is 13.9. The van der Waals surface area contributed by atoms with Gasteiger partial charge in [0.1, 0.15) is 5.82 Å². The number of hydrogen-bond donors (Lipinski definition) is 0. The summed E-state index contributed by atoms with van der Waals surface area (Å²) in [6.07, 6.45) is 4.94. The Kier molecular flexibility index (Phi) is 3.45. The minimum atomic E-state index is -0.383. The molecule has 0 aliphatic carbocycles. The van der Waals surface area contributed by atoms with Gasteiger partial charge in [-0.3, -0.25) is 4.79 Å². The lowest BCUT2D eigenvalue weighted by Gasteiger charge is -2.31. The van der Waals surface area contributed by atoms with Gasteiger partial charge < -0.3 is 4.90 Å². The van der Waals surface area contributed by atoms with Gasteiger partial charge in [0.2, 0.25) is 0 Å². The highest BCUT2D eigenvalue weighted by Crippen LogP contribution is 2.22. The average Bonchev–Trinajstić information content (AvgIpc) is 3.01. The fraction of sp³-hybridized carbons (Fsp3) is 0.357. The lowest BCUT2D eigenvalue weighted by atomic mass is 10.0. The number of likely N-dealkylation sites (tertiary alicyclic amines) is 1. The first-order chi connectivity index (χ1) is 9.74. The van der Waals surface area contributed by atoms with Gasteiger partial charge in [-0.05, 0) is 31.0 Å². The van der Waals surface area contributed by atoms with Gasteiger partial charge in [-0.1, -0.05) is 6.07 Å². The van der Waals surface area contributed by atoms with Crippen LogP contribution in [0.3, 0.4) is 0 Å². The van der Waals surface area contributed by atoms with Crippen LogP contribution < -0.4 is 0 Å². The summed E-state index contributed by atoms with van der Waals surface area (Å²) in [7, 11) is 0. The van der Waals surface area contributed by atoms with E-state index in [0.29, 0.717) is 18.7 Å². The molecule has 1 aromatic carbocycles. The second-order valence-corrected chi connectivity index (χ2v) is 4.88. The molecule has 1 fully saturated rings. The van der Waals surface area contributed by atoms with E-state index in [0.717, 1.165) is 12.8 Å². The lowest BCUT2D eigenvalue weighted by molar-refractivity contribution is 0.0683. The molecule has 20 heavy (non-hydrogen) atoms. The number of benzene rings is 1. The molecule has 6 heteroatoms. The van der Waals surface area contributed by atoms with Crippen LogP contribution in [0, 0.1) is 5.82 Å². The van der Waals surface area contributed by atoms with E-state index in [9.17, 15) is 9.18 Å². The zero-order valence-corrected chi connectivity index (χ0v) is 10.9. The van der Waals surface area contributed by atoms with Gasteiger partial charge in [-0.2, -0.15) is 15.0 Å². The van der Waals surface area contributed by atoms with E-state index in [4.69, 9.17) is 0 Å². The molecule has 1 aromatic heterocycles. The van der Waals surface area contributed by atoms with Gasteiger partial charge in [-0.15, -0.1) is 0 Å². The molecule has 1 saturated heterocycles. The highest BCUT2D eigenvalue weighted by molar-refractivity contribution is 5.94. The number of rotatable bonds is 2. The number of piperidine rings is 1. The summed E-state index contributed by atoms with van der Waals surface area (Å²) in [6, 6.07) is 6.06. The molecule has 2 aromatic rings. The van der Waals surface area contributed by atoms with Crippen LogP contribution in [0.4, 0.5) is 4.39 Å². The first-order valence-electron chi connectivity index (χ1n) is 6.64. The summed E-state index contributed by atoms with van der Waals surface area (Å²) in [6.45, 7) is 1.28. The van der Waals surface area contributed by atoms with E-state index >= 15 is 0 Å². The molecule has 3 rings (SSSR count). The summed E-state index contributed by atoms with van der Waals surface area (Å²) < 4.78 is 13.2. The quantitative estimate of drug-likeness (QED) is 0.840. The summed E-state index contributed by atoms with van der Waals surface area (Å²) in [4.78, 5) is 15.7. The van der Waals surface area contributed by atoms with Gasteiger partial charge in [-0.25, -0.2) is 4.39 Å². The highest BCUT2D eigenvalue weighted by atomic mass is 19.1. The van der Waals surface area contributed by atoms with Crippen LogP contribution in [0.25, 0.3) is 0 Å². The monoisotopic (exact) mass is 274 g/mol. The van der Waals surface area contributed by atoms with E-state index < -0.39 is 0 Å². The number of aromatic nitrogens is 3. The fourth-order valence-electron chi connectivity index (χ4n) is 2.52. The Morgan fingerprint density at radius 3 is 2.55 bits per heavy atom. The zero-order valence-electron chi connectivity index (χ0n) is 10.9. The van der Waals surface area contributed by atoms with E-state index in [-0.39, 0.29) is 17.8 Å². The number of carbonyl (C=O) groups excluding carboxylic acids is 1. The van der Waals surface area contributed by atoms with Crippen LogP contribution >= 0.6 is 0 Å². The van der Waals surface area contributed by atoms with Crippen molar-refractivity contribution >= 4 is 5.91 Å². The molecular formula is C14H15FN4O. The van der Waals surface area contributed by atoms with E-state index in [1.54, 1.807) is 34.2 Å². The first kappa shape index (κ1) is 12.8. The Morgan fingerprint density at radius 1 is 1.20 bits per heavy atom. The van der Waals surface area contributed by atoms with Crippen LogP contribution in [0.15, 0.2) is 36.7 Å². The number of amides is 1. The lowest BCUT2D eigenvalue weighted by Crippen LogP contribution is -2.39. The number of halogens is 1. The van der Waals surface area contributed by atoms with Gasteiger partial charge >= 0.3 is 0 Å². The van der Waals surface area contributed by atoms with Crippen LogP contribution in [0.1, 0.15) is 29.2 Å². The molecule has 2 heterocycles. The minimum Gasteiger partial charge on any atom is -0.338 e. The topological polar surface area (TPSA) is 51.0 Å². The van der Waals surface area contributed by atoms with Crippen molar-refractivity contribution in [2.75, 3.05) is 13.1 Å². The smallest absolute Gasteiger partial charge is 0.253 e.